The third-order valence-electron chi connectivity index (χ3n) is 6.71. The van der Waals surface area contributed by atoms with E-state index in [4.69, 9.17) is 4.52 Å². The summed E-state index contributed by atoms with van der Waals surface area (Å²) in [6, 6.07) is 17.0. The molecule has 0 saturated carbocycles. The van der Waals surface area contributed by atoms with Gasteiger partial charge in [-0.15, -0.1) is 0 Å². The average Bonchev–Trinajstić information content (AvgIpc) is 3.50. The Bertz CT molecular complexity index is 1490. The summed E-state index contributed by atoms with van der Waals surface area (Å²) in [5, 5.41) is 11.4. The molecule has 1 saturated heterocycles. The molecular formula is C29H31F3N6OS. The van der Waals surface area contributed by atoms with Gasteiger partial charge in [-0.05, 0) is 100 Å². The molecule has 11 heteroatoms. The van der Waals surface area contributed by atoms with Crippen molar-refractivity contribution in [3.63, 3.8) is 0 Å². The maximum absolute atomic E-state index is 13.5. The van der Waals surface area contributed by atoms with Gasteiger partial charge in [0.2, 0.25) is 0 Å². The van der Waals surface area contributed by atoms with E-state index in [1.54, 1.807) is 18.2 Å². The normalized spacial score (nSPS) is 14.6. The predicted octanol–water partition coefficient (Wildman–Crippen LogP) is 6.59. The SMILES string of the molecule is Cc1cc(NSc2ccc(NCC#Cc3cc4c(NC5CCN(C)CC5)cccc4n3CC(F)(F)F)cc2)no1. The highest BCUT2D eigenvalue weighted by atomic mass is 32.2. The summed E-state index contributed by atoms with van der Waals surface area (Å²) >= 11 is 1.41. The minimum atomic E-state index is -4.36. The van der Waals surface area contributed by atoms with Crippen LogP contribution in [0.15, 0.2) is 64.0 Å². The highest BCUT2D eigenvalue weighted by Crippen LogP contribution is 2.31. The van der Waals surface area contributed by atoms with Crippen LogP contribution in [0.5, 0.6) is 0 Å². The molecule has 0 aliphatic carbocycles. The lowest BCUT2D eigenvalue weighted by Crippen LogP contribution is -2.36. The van der Waals surface area contributed by atoms with Gasteiger partial charge in [0.15, 0.2) is 5.82 Å². The Morgan fingerprint density at radius 2 is 1.88 bits per heavy atom. The number of aromatic nitrogens is 2. The largest absolute Gasteiger partial charge is 0.406 e. The van der Waals surface area contributed by atoms with Crippen LogP contribution in [-0.2, 0) is 6.54 Å². The fourth-order valence-corrected chi connectivity index (χ4v) is 5.27. The number of anilines is 3. The minimum Gasteiger partial charge on any atom is -0.382 e. The highest BCUT2D eigenvalue weighted by Gasteiger charge is 2.30. The van der Waals surface area contributed by atoms with E-state index < -0.39 is 12.7 Å². The summed E-state index contributed by atoms with van der Waals surface area (Å²) in [5.41, 5.74) is 2.57. The second-order valence-corrected chi connectivity index (χ2v) is 10.8. The molecule has 3 heterocycles. The second-order valence-electron chi connectivity index (χ2n) is 9.90. The van der Waals surface area contributed by atoms with E-state index in [1.165, 1.54) is 16.5 Å². The van der Waals surface area contributed by atoms with Crippen molar-refractivity contribution < 1.29 is 17.7 Å². The third kappa shape index (κ3) is 7.25. The topological polar surface area (TPSA) is 70.3 Å². The van der Waals surface area contributed by atoms with Crippen molar-refractivity contribution >= 4 is 40.0 Å². The predicted molar refractivity (Wildman–Crippen MR) is 155 cm³/mol. The third-order valence-corrected chi connectivity index (χ3v) is 7.53. The number of nitrogens with one attached hydrogen (secondary N) is 3. The van der Waals surface area contributed by atoms with Crippen molar-refractivity contribution in [1.29, 1.82) is 0 Å². The number of benzene rings is 2. The molecule has 0 spiro atoms. The van der Waals surface area contributed by atoms with Crippen LogP contribution in [0.3, 0.4) is 0 Å². The summed E-state index contributed by atoms with van der Waals surface area (Å²) in [4.78, 5) is 3.27. The number of hydrogen-bond acceptors (Lipinski definition) is 7. The number of likely N-dealkylation sites (tertiary alicyclic amines) is 1. The van der Waals surface area contributed by atoms with Crippen LogP contribution in [0.1, 0.15) is 24.3 Å². The fourth-order valence-electron chi connectivity index (χ4n) is 4.68. The number of nitrogens with zero attached hydrogens (tertiary/aromatic N) is 3. The van der Waals surface area contributed by atoms with Crippen LogP contribution in [0, 0.1) is 18.8 Å². The van der Waals surface area contributed by atoms with Crippen LogP contribution >= 0.6 is 11.9 Å². The number of fused-ring (bicyclic) bond motifs is 1. The maximum Gasteiger partial charge on any atom is 0.406 e. The zero-order chi connectivity index (χ0) is 28.1. The zero-order valence-electron chi connectivity index (χ0n) is 22.3. The van der Waals surface area contributed by atoms with Gasteiger partial charge in [0.05, 0.1) is 17.8 Å². The van der Waals surface area contributed by atoms with Crippen LogP contribution in [-0.4, -0.2) is 53.5 Å². The van der Waals surface area contributed by atoms with Gasteiger partial charge in [-0.25, -0.2) is 0 Å². The molecular weight excluding hydrogens is 537 g/mol. The van der Waals surface area contributed by atoms with Gasteiger partial charge in [-0.3, -0.25) is 0 Å². The van der Waals surface area contributed by atoms with Crippen molar-refractivity contribution in [3.05, 3.63) is 66.1 Å². The highest BCUT2D eigenvalue weighted by molar-refractivity contribution is 8.00. The monoisotopic (exact) mass is 568 g/mol. The van der Waals surface area contributed by atoms with Crippen molar-refractivity contribution in [1.82, 2.24) is 14.6 Å². The number of halogens is 3. The number of alkyl halides is 3. The molecule has 3 N–H and O–H groups in total. The molecule has 5 rings (SSSR count). The van der Waals surface area contributed by atoms with Gasteiger partial charge >= 0.3 is 6.18 Å². The van der Waals surface area contributed by atoms with Gasteiger partial charge in [0, 0.05) is 33.8 Å². The summed E-state index contributed by atoms with van der Waals surface area (Å²) in [6.07, 6.45) is -2.38. The summed E-state index contributed by atoms with van der Waals surface area (Å²) in [7, 11) is 2.10. The standard InChI is InChI=1S/C29H31F3N6OS/c1-20-17-28(35-39-20)36-40-24-10-8-21(9-11-24)33-14-4-5-23-18-25-26(34-22-12-15-37(2)16-13-22)6-3-7-27(25)38(23)19-29(30,31)32/h3,6-11,17-18,22,33-34H,12-16,19H2,1-2H3,(H,35,36). The molecule has 1 aliphatic heterocycles. The molecule has 210 valence electrons. The van der Waals surface area contributed by atoms with Gasteiger partial charge in [-0.1, -0.05) is 17.1 Å². The number of aryl methyl sites for hydroxylation is 1. The van der Waals surface area contributed by atoms with E-state index in [9.17, 15) is 13.2 Å². The molecule has 7 nitrogen and oxygen atoms in total. The van der Waals surface area contributed by atoms with Crippen molar-refractivity contribution in [2.45, 2.75) is 43.4 Å². The molecule has 0 atom stereocenters. The Kier molecular flexibility index (Phi) is 8.47. The number of piperidine rings is 1. The first-order valence-electron chi connectivity index (χ1n) is 13.1. The van der Waals surface area contributed by atoms with Gasteiger partial charge in [0.25, 0.3) is 0 Å². The van der Waals surface area contributed by atoms with Crippen LogP contribution in [0.4, 0.5) is 30.4 Å². The van der Waals surface area contributed by atoms with Gasteiger partial charge in [0.1, 0.15) is 12.3 Å². The second kappa shape index (κ2) is 12.2. The number of rotatable bonds is 8. The quantitative estimate of drug-likeness (QED) is 0.164. The molecule has 1 fully saturated rings. The Labute approximate surface area is 235 Å². The zero-order valence-corrected chi connectivity index (χ0v) is 23.1. The molecule has 0 bridgehead atoms. The molecule has 2 aromatic carbocycles. The van der Waals surface area contributed by atoms with Gasteiger partial charge < -0.3 is 29.3 Å². The van der Waals surface area contributed by atoms with Crippen molar-refractivity contribution in [2.24, 2.45) is 0 Å². The van der Waals surface area contributed by atoms with Crippen LogP contribution < -0.4 is 15.4 Å². The Hall–Kier alpha value is -3.75. The lowest BCUT2D eigenvalue weighted by atomic mass is 10.0. The molecule has 40 heavy (non-hydrogen) atoms. The van der Waals surface area contributed by atoms with E-state index in [-0.39, 0.29) is 6.54 Å². The lowest BCUT2D eigenvalue weighted by Gasteiger charge is -2.30. The van der Waals surface area contributed by atoms with E-state index in [0.29, 0.717) is 23.1 Å². The Morgan fingerprint density at radius 1 is 1.10 bits per heavy atom. The molecule has 4 aromatic rings. The Balaban J connectivity index is 1.27. The first-order valence-corrected chi connectivity index (χ1v) is 13.9. The minimum absolute atomic E-state index is 0.289. The first-order chi connectivity index (χ1) is 19.2. The van der Waals surface area contributed by atoms with E-state index in [2.05, 4.69) is 44.3 Å². The first kappa shape index (κ1) is 27.8. The van der Waals surface area contributed by atoms with E-state index in [1.807, 2.05) is 43.3 Å². The van der Waals surface area contributed by atoms with Crippen LogP contribution in [0.2, 0.25) is 0 Å². The molecule has 2 aromatic heterocycles. The van der Waals surface area contributed by atoms with Crippen molar-refractivity contribution in [2.75, 3.05) is 42.0 Å². The van der Waals surface area contributed by atoms with Crippen LogP contribution in [0.25, 0.3) is 10.9 Å². The summed E-state index contributed by atoms with van der Waals surface area (Å²) < 4.78 is 50.0. The molecule has 0 unspecified atom stereocenters. The Morgan fingerprint density at radius 3 is 2.58 bits per heavy atom. The van der Waals surface area contributed by atoms with Gasteiger partial charge in [-0.2, -0.15) is 13.2 Å². The molecule has 1 aliphatic rings. The average molecular weight is 569 g/mol. The van der Waals surface area contributed by atoms with Crippen molar-refractivity contribution in [3.8, 4) is 11.8 Å². The number of hydrogen-bond donors (Lipinski definition) is 3. The molecule has 0 radical (unpaired) electrons. The lowest BCUT2D eigenvalue weighted by molar-refractivity contribution is -0.140. The van der Waals surface area contributed by atoms with E-state index >= 15 is 0 Å². The summed E-state index contributed by atoms with van der Waals surface area (Å²) in [5.74, 6) is 7.34. The summed E-state index contributed by atoms with van der Waals surface area (Å²) in [6.45, 7) is 3.01. The maximum atomic E-state index is 13.5. The molecule has 0 amide bonds. The smallest absolute Gasteiger partial charge is 0.382 e. The van der Waals surface area contributed by atoms with E-state index in [0.717, 1.165) is 53.3 Å². The fraction of sp³-hybridized carbons (Fsp3) is 0.345.